The van der Waals surface area contributed by atoms with Crippen molar-refractivity contribution in [1.82, 2.24) is 30.6 Å². The number of carbonyl (C=O) groups excluding carboxylic acids is 4. The lowest BCUT2D eigenvalue weighted by Crippen LogP contribution is -2.53. The zero-order chi connectivity index (χ0) is 20.5. The molecule has 2 amide bonds. The van der Waals surface area contributed by atoms with E-state index < -0.39 is 35.8 Å². The summed E-state index contributed by atoms with van der Waals surface area (Å²) in [6.07, 6.45) is 5.85. The summed E-state index contributed by atoms with van der Waals surface area (Å²) in [4.78, 5) is 61.5. The molecule has 4 N–H and O–H groups in total. The van der Waals surface area contributed by atoms with E-state index >= 15 is 0 Å². The van der Waals surface area contributed by atoms with Crippen LogP contribution in [0.3, 0.4) is 0 Å². The molecule has 0 aromatic carbocycles. The van der Waals surface area contributed by atoms with E-state index in [9.17, 15) is 19.2 Å². The maximum Gasteiger partial charge on any atom is 0.328 e. The summed E-state index contributed by atoms with van der Waals surface area (Å²) in [6, 6.07) is -2.24. The molecule has 0 spiro atoms. The average molecular weight is 392 g/mol. The number of carbonyl (C=O) groups is 4. The number of aromatic nitrogens is 4. The van der Waals surface area contributed by atoms with Crippen molar-refractivity contribution in [3.63, 3.8) is 0 Å². The van der Waals surface area contributed by atoms with Gasteiger partial charge in [0.1, 0.15) is 12.1 Å². The van der Waals surface area contributed by atoms with E-state index in [0.29, 0.717) is 11.4 Å². The summed E-state index contributed by atoms with van der Waals surface area (Å²) in [5.74, 6) is -3.68. The first-order chi connectivity index (χ1) is 13.4. The van der Waals surface area contributed by atoms with Crippen LogP contribution in [0, 0.1) is 0 Å². The number of hydrogen-bond acceptors (Lipinski definition) is 8. The van der Waals surface area contributed by atoms with E-state index in [-0.39, 0.29) is 12.8 Å². The molecule has 0 aliphatic carbocycles. The average Bonchev–Trinajstić information content (AvgIpc) is 3.39. The second kappa shape index (κ2) is 9.85. The van der Waals surface area contributed by atoms with Crippen molar-refractivity contribution < 1.29 is 28.7 Å². The first-order valence-electron chi connectivity index (χ1n) is 8.16. The minimum absolute atomic E-state index is 0.0419. The van der Waals surface area contributed by atoms with Crippen LogP contribution in [-0.4, -0.2) is 70.0 Å². The molecule has 150 valence electrons. The molecule has 0 saturated heterocycles. The number of aromatic amines is 2. The second-order valence-electron chi connectivity index (χ2n) is 5.66. The standard InChI is InChI=1S/C16H20N6O6/c1-27-15(25)11(3-9-5-17-7-19-9)21-13(23)14(24)22-12(16(26)28-2)4-10-6-18-8-20-10/h5-8,11-12H,3-4H2,1-2H3,(H,17,19)(H,18,20)(H,21,23)(H,22,24)/t11-,12-/m0/s1. The smallest absolute Gasteiger partial charge is 0.328 e. The largest absolute Gasteiger partial charge is 0.467 e. The molecule has 2 aromatic heterocycles. The van der Waals surface area contributed by atoms with Crippen LogP contribution in [0.2, 0.25) is 0 Å². The number of esters is 2. The van der Waals surface area contributed by atoms with Gasteiger partial charge in [0.2, 0.25) is 0 Å². The Morgan fingerprint density at radius 3 is 1.54 bits per heavy atom. The molecule has 12 nitrogen and oxygen atoms in total. The summed E-state index contributed by atoms with van der Waals surface area (Å²) < 4.78 is 9.29. The quantitative estimate of drug-likeness (QED) is 0.302. The number of H-pyrrole nitrogens is 2. The Morgan fingerprint density at radius 2 is 1.25 bits per heavy atom. The van der Waals surface area contributed by atoms with Crippen LogP contribution in [-0.2, 0) is 41.5 Å². The van der Waals surface area contributed by atoms with Crippen LogP contribution in [0.15, 0.2) is 25.0 Å². The zero-order valence-electron chi connectivity index (χ0n) is 15.2. The van der Waals surface area contributed by atoms with E-state index in [1.54, 1.807) is 0 Å². The van der Waals surface area contributed by atoms with Gasteiger partial charge in [0, 0.05) is 36.6 Å². The Balaban J connectivity index is 2.02. The van der Waals surface area contributed by atoms with Gasteiger partial charge in [-0.15, -0.1) is 0 Å². The summed E-state index contributed by atoms with van der Waals surface area (Å²) in [5, 5.41) is 4.56. The molecule has 12 heteroatoms. The van der Waals surface area contributed by atoms with Crippen molar-refractivity contribution in [2.24, 2.45) is 0 Å². The minimum atomic E-state index is -1.12. The van der Waals surface area contributed by atoms with E-state index in [1.165, 1.54) is 25.0 Å². The number of nitrogens with one attached hydrogen (secondary N) is 4. The number of amides is 2. The summed E-state index contributed by atoms with van der Waals surface area (Å²) in [7, 11) is 2.32. The Morgan fingerprint density at radius 1 is 0.857 bits per heavy atom. The van der Waals surface area contributed by atoms with Crippen LogP contribution < -0.4 is 10.6 Å². The highest BCUT2D eigenvalue weighted by Gasteiger charge is 2.29. The van der Waals surface area contributed by atoms with Gasteiger partial charge in [0.25, 0.3) is 0 Å². The van der Waals surface area contributed by atoms with Gasteiger partial charge in [-0.3, -0.25) is 9.59 Å². The zero-order valence-corrected chi connectivity index (χ0v) is 15.2. The number of ether oxygens (including phenoxy) is 2. The number of rotatable bonds is 8. The molecule has 0 aliphatic rings. The van der Waals surface area contributed by atoms with E-state index in [0.717, 1.165) is 14.2 Å². The fourth-order valence-electron chi connectivity index (χ4n) is 2.35. The summed E-state index contributed by atoms with van der Waals surface area (Å²) >= 11 is 0. The molecule has 2 rings (SSSR count). The van der Waals surface area contributed by atoms with Crippen LogP contribution >= 0.6 is 0 Å². The van der Waals surface area contributed by atoms with Crippen molar-refractivity contribution in [3.05, 3.63) is 36.4 Å². The fraction of sp³-hybridized carbons (Fsp3) is 0.375. The Labute approximate surface area is 159 Å². The lowest BCUT2D eigenvalue weighted by Gasteiger charge is -2.18. The normalized spacial score (nSPS) is 12.5. The first kappa shape index (κ1) is 20.6. The third-order valence-corrected chi connectivity index (χ3v) is 3.75. The monoisotopic (exact) mass is 392 g/mol. The lowest BCUT2D eigenvalue weighted by atomic mass is 10.1. The van der Waals surface area contributed by atoms with Gasteiger partial charge in [-0.2, -0.15) is 0 Å². The molecule has 2 aromatic rings. The maximum absolute atomic E-state index is 12.2. The lowest BCUT2D eigenvalue weighted by molar-refractivity contribution is -0.149. The van der Waals surface area contributed by atoms with E-state index in [1.807, 2.05) is 0 Å². The Bertz CT molecular complexity index is 735. The molecule has 0 saturated carbocycles. The predicted octanol–water partition coefficient (Wildman–Crippen LogP) is -1.77. The molecule has 0 radical (unpaired) electrons. The van der Waals surface area contributed by atoms with Crippen molar-refractivity contribution >= 4 is 23.8 Å². The van der Waals surface area contributed by atoms with Gasteiger partial charge in [-0.1, -0.05) is 0 Å². The predicted molar refractivity (Wildman–Crippen MR) is 92.5 cm³/mol. The maximum atomic E-state index is 12.2. The van der Waals surface area contributed by atoms with Gasteiger partial charge in [0.05, 0.1) is 26.9 Å². The molecule has 0 unspecified atom stereocenters. The number of nitrogens with zero attached hydrogens (tertiary/aromatic N) is 2. The van der Waals surface area contributed by atoms with Crippen molar-refractivity contribution in [2.45, 2.75) is 24.9 Å². The minimum Gasteiger partial charge on any atom is -0.467 e. The van der Waals surface area contributed by atoms with Gasteiger partial charge >= 0.3 is 23.8 Å². The van der Waals surface area contributed by atoms with E-state index in [2.05, 4.69) is 40.0 Å². The molecular weight excluding hydrogens is 372 g/mol. The second-order valence-corrected chi connectivity index (χ2v) is 5.66. The molecule has 0 bridgehead atoms. The SMILES string of the molecule is COC(=O)[C@H](Cc1cnc[nH]1)NC(=O)C(=O)N[C@@H](Cc1cnc[nH]1)C(=O)OC. The Kier molecular flexibility index (Phi) is 7.25. The van der Waals surface area contributed by atoms with Crippen molar-refractivity contribution in [2.75, 3.05) is 14.2 Å². The fourth-order valence-corrected chi connectivity index (χ4v) is 2.35. The Hall–Kier alpha value is -3.70. The van der Waals surface area contributed by atoms with Gasteiger partial charge < -0.3 is 30.1 Å². The highest BCUT2D eigenvalue weighted by molar-refractivity contribution is 6.35. The van der Waals surface area contributed by atoms with Gasteiger partial charge in [-0.05, 0) is 0 Å². The van der Waals surface area contributed by atoms with Gasteiger partial charge in [0.15, 0.2) is 0 Å². The van der Waals surface area contributed by atoms with Gasteiger partial charge in [-0.25, -0.2) is 19.6 Å². The first-order valence-corrected chi connectivity index (χ1v) is 8.16. The highest BCUT2D eigenvalue weighted by atomic mass is 16.5. The van der Waals surface area contributed by atoms with E-state index in [4.69, 9.17) is 0 Å². The number of hydrogen-bond donors (Lipinski definition) is 4. The summed E-state index contributed by atoms with van der Waals surface area (Å²) in [6.45, 7) is 0. The molecule has 0 aliphatic heterocycles. The third-order valence-electron chi connectivity index (χ3n) is 3.75. The number of methoxy groups -OCH3 is 2. The van der Waals surface area contributed by atoms with Crippen LogP contribution in [0.4, 0.5) is 0 Å². The molecular formula is C16H20N6O6. The highest BCUT2D eigenvalue weighted by Crippen LogP contribution is 2.02. The van der Waals surface area contributed by atoms with Crippen molar-refractivity contribution in [1.29, 1.82) is 0 Å². The molecule has 2 atom stereocenters. The molecule has 0 fully saturated rings. The molecule has 28 heavy (non-hydrogen) atoms. The third kappa shape index (κ3) is 5.65. The topological polar surface area (TPSA) is 168 Å². The number of imidazole rings is 2. The van der Waals surface area contributed by atoms with Crippen LogP contribution in [0.1, 0.15) is 11.4 Å². The van der Waals surface area contributed by atoms with Crippen LogP contribution in [0.25, 0.3) is 0 Å². The van der Waals surface area contributed by atoms with Crippen LogP contribution in [0.5, 0.6) is 0 Å². The van der Waals surface area contributed by atoms with Crippen molar-refractivity contribution in [3.8, 4) is 0 Å². The summed E-state index contributed by atoms with van der Waals surface area (Å²) in [5.41, 5.74) is 1.12. The molecule has 2 heterocycles.